The number of alkyl halides is 3. The molecule has 1 fully saturated rings. The van der Waals surface area contributed by atoms with Gasteiger partial charge in [0.05, 0.1) is 6.04 Å². The van der Waals surface area contributed by atoms with Crippen molar-refractivity contribution in [1.82, 2.24) is 5.32 Å². The van der Waals surface area contributed by atoms with E-state index in [1.807, 2.05) is 0 Å². The lowest BCUT2D eigenvalue weighted by Gasteiger charge is -2.08. The van der Waals surface area contributed by atoms with Crippen molar-refractivity contribution in [3.8, 4) is 0 Å². The minimum Gasteiger partial charge on any atom is -0.447 e. The monoisotopic (exact) mass is 183 g/mol. The third-order valence-electron chi connectivity index (χ3n) is 1.51. The van der Waals surface area contributed by atoms with Crippen LogP contribution in [0.3, 0.4) is 0 Å². The summed E-state index contributed by atoms with van der Waals surface area (Å²) in [6.07, 6.45) is -5.80. The highest BCUT2D eigenvalue weighted by Gasteiger charge is 2.31. The molecule has 3 nitrogen and oxygen atoms in total. The SMILES string of the molecule is O=C1NC(CCC(F)(F)F)CO1. The first-order chi connectivity index (χ1) is 5.47. The highest BCUT2D eigenvalue weighted by atomic mass is 19.4. The van der Waals surface area contributed by atoms with Crippen molar-refractivity contribution in [2.45, 2.75) is 25.1 Å². The van der Waals surface area contributed by atoms with Gasteiger partial charge in [0.1, 0.15) is 6.61 Å². The number of ether oxygens (including phenoxy) is 1. The van der Waals surface area contributed by atoms with Crippen molar-refractivity contribution in [1.29, 1.82) is 0 Å². The van der Waals surface area contributed by atoms with Crippen molar-refractivity contribution in [3.05, 3.63) is 0 Å². The third kappa shape index (κ3) is 2.98. The molecule has 0 spiro atoms. The van der Waals surface area contributed by atoms with Gasteiger partial charge in [-0.3, -0.25) is 0 Å². The topological polar surface area (TPSA) is 38.3 Å². The van der Waals surface area contributed by atoms with Gasteiger partial charge in [0, 0.05) is 6.42 Å². The second-order valence-electron chi connectivity index (χ2n) is 2.59. The predicted octanol–water partition coefficient (Wildman–Crippen LogP) is 1.44. The van der Waals surface area contributed by atoms with E-state index in [0.717, 1.165) is 0 Å². The van der Waals surface area contributed by atoms with Gasteiger partial charge in [-0.15, -0.1) is 0 Å². The lowest BCUT2D eigenvalue weighted by atomic mass is 10.2. The molecular formula is C6H8F3NO2. The Hall–Kier alpha value is -0.940. The Balaban J connectivity index is 2.20. The zero-order valence-corrected chi connectivity index (χ0v) is 6.15. The summed E-state index contributed by atoms with van der Waals surface area (Å²) in [5.74, 6) is 0. The highest BCUT2D eigenvalue weighted by molar-refractivity contribution is 5.69. The Morgan fingerprint density at radius 3 is 2.67 bits per heavy atom. The Kier molecular flexibility index (Phi) is 2.44. The maximum Gasteiger partial charge on any atom is 0.407 e. The lowest BCUT2D eigenvalue weighted by molar-refractivity contribution is -0.136. The molecule has 1 atom stereocenters. The predicted molar refractivity (Wildman–Crippen MR) is 33.6 cm³/mol. The Morgan fingerprint density at radius 2 is 2.25 bits per heavy atom. The van der Waals surface area contributed by atoms with Crippen molar-refractivity contribution < 1.29 is 22.7 Å². The van der Waals surface area contributed by atoms with Crippen LogP contribution in [-0.2, 0) is 4.74 Å². The number of cyclic esters (lactones) is 1. The normalized spacial score (nSPS) is 23.6. The first-order valence-corrected chi connectivity index (χ1v) is 3.47. The number of rotatable bonds is 2. The van der Waals surface area contributed by atoms with E-state index in [2.05, 4.69) is 10.1 Å². The van der Waals surface area contributed by atoms with Crippen LogP contribution in [0, 0.1) is 0 Å². The van der Waals surface area contributed by atoms with Crippen LogP contribution in [-0.4, -0.2) is 24.9 Å². The standard InChI is InChI=1S/C6H8F3NO2/c7-6(8,9)2-1-4-3-12-5(11)10-4/h4H,1-3H2,(H,10,11). The summed E-state index contributed by atoms with van der Waals surface area (Å²) in [5.41, 5.74) is 0. The molecule has 0 saturated carbocycles. The van der Waals surface area contributed by atoms with Gasteiger partial charge in [0.15, 0.2) is 0 Å². The molecule has 1 N–H and O–H groups in total. The third-order valence-corrected chi connectivity index (χ3v) is 1.51. The maximum atomic E-state index is 11.7. The summed E-state index contributed by atoms with van der Waals surface area (Å²) < 4.78 is 39.4. The van der Waals surface area contributed by atoms with E-state index in [4.69, 9.17) is 0 Å². The molecule has 0 aromatic rings. The molecule has 1 rings (SSSR count). The summed E-state index contributed by atoms with van der Waals surface area (Å²) in [6.45, 7) is 0.0366. The van der Waals surface area contributed by atoms with Crippen LogP contribution in [0.1, 0.15) is 12.8 Å². The molecule has 1 heterocycles. The number of amides is 1. The van der Waals surface area contributed by atoms with Crippen LogP contribution in [0.5, 0.6) is 0 Å². The molecule has 70 valence electrons. The molecular weight excluding hydrogens is 175 g/mol. The summed E-state index contributed by atoms with van der Waals surface area (Å²) >= 11 is 0. The summed E-state index contributed by atoms with van der Waals surface area (Å²) in [5, 5.41) is 2.27. The Morgan fingerprint density at radius 1 is 1.58 bits per heavy atom. The number of carbonyl (C=O) groups excluding carboxylic acids is 1. The van der Waals surface area contributed by atoms with Gasteiger partial charge in [0.25, 0.3) is 0 Å². The van der Waals surface area contributed by atoms with Crippen molar-refractivity contribution in [2.75, 3.05) is 6.61 Å². The second-order valence-corrected chi connectivity index (χ2v) is 2.59. The molecule has 0 aromatic carbocycles. The van der Waals surface area contributed by atoms with E-state index >= 15 is 0 Å². The highest BCUT2D eigenvalue weighted by Crippen LogP contribution is 2.22. The Labute approximate surface area is 66.9 Å². The van der Waals surface area contributed by atoms with Crippen LogP contribution in [0.4, 0.5) is 18.0 Å². The first-order valence-electron chi connectivity index (χ1n) is 3.47. The number of halogens is 3. The quantitative estimate of drug-likeness (QED) is 0.703. The maximum absolute atomic E-state index is 11.7. The zero-order chi connectivity index (χ0) is 9.19. The molecule has 1 amide bonds. The Bertz CT molecular complexity index is 180. The minimum absolute atomic E-state index is 0.0366. The molecule has 1 aliphatic heterocycles. The van der Waals surface area contributed by atoms with E-state index in [9.17, 15) is 18.0 Å². The van der Waals surface area contributed by atoms with Gasteiger partial charge in [-0.2, -0.15) is 13.2 Å². The van der Waals surface area contributed by atoms with Gasteiger partial charge in [-0.05, 0) is 6.42 Å². The zero-order valence-electron chi connectivity index (χ0n) is 6.15. The van der Waals surface area contributed by atoms with Crippen LogP contribution >= 0.6 is 0 Å². The molecule has 0 aliphatic carbocycles. The fraction of sp³-hybridized carbons (Fsp3) is 0.833. The van der Waals surface area contributed by atoms with E-state index in [-0.39, 0.29) is 13.0 Å². The molecule has 1 aliphatic rings. The summed E-state index contributed by atoms with van der Waals surface area (Å²) in [6, 6.07) is -0.487. The number of hydrogen-bond acceptors (Lipinski definition) is 2. The van der Waals surface area contributed by atoms with Crippen molar-refractivity contribution in [2.24, 2.45) is 0 Å². The van der Waals surface area contributed by atoms with E-state index in [1.54, 1.807) is 0 Å². The lowest BCUT2D eigenvalue weighted by Crippen LogP contribution is -2.27. The molecule has 1 saturated heterocycles. The minimum atomic E-state index is -4.16. The molecule has 0 radical (unpaired) electrons. The van der Waals surface area contributed by atoms with Crippen LogP contribution in [0.2, 0.25) is 0 Å². The fourth-order valence-electron chi connectivity index (χ4n) is 0.920. The molecule has 1 unspecified atom stereocenters. The number of carbonyl (C=O) groups is 1. The molecule has 6 heteroatoms. The average molecular weight is 183 g/mol. The number of hydrogen-bond donors (Lipinski definition) is 1. The van der Waals surface area contributed by atoms with Crippen LogP contribution < -0.4 is 5.32 Å². The smallest absolute Gasteiger partial charge is 0.407 e. The fourth-order valence-corrected chi connectivity index (χ4v) is 0.920. The molecule has 12 heavy (non-hydrogen) atoms. The van der Waals surface area contributed by atoms with Crippen molar-refractivity contribution >= 4 is 6.09 Å². The van der Waals surface area contributed by atoms with E-state index in [1.165, 1.54) is 0 Å². The average Bonchev–Trinajstić information content (AvgIpc) is 2.30. The van der Waals surface area contributed by atoms with E-state index < -0.39 is 24.7 Å². The second kappa shape index (κ2) is 3.20. The van der Waals surface area contributed by atoms with Crippen LogP contribution in [0.15, 0.2) is 0 Å². The summed E-state index contributed by atoms with van der Waals surface area (Å²) in [7, 11) is 0. The summed E-state index contributed by atoms with van der Waals surface area (Å²) in [4.78, 5) is 10.4. The number of alkyl carbamates (subject to hydrolysis) is 1. The van der Waals surface area contributed by atoms with Gasteiger partial charge >= 0.3 is 12.3 Å². The van der Waals surface area contributed by atoms with Gasteiger partial charge in [-0.25, -0.2) is 4.79 Å². The molecule has 0 aromatic heterocycles. The first kappa shape index (κ1) is 9.15. The van der Waals surface area contributed by atoms with Gasteiger partial charge in [0.2, 0.25) is 0 Å². The molecule has 0 bridgehead atoms. The largest absolute Gasteiger partial charge is 0.447 e. The van der Waals surface area contributed by atoms with E-state index in [0.29, 0.717) is 0 Å². The van der Waals surface area contributed by atoms with Gasteiger partial charge in [-0.1, -0.05) is 0 Å². The van der Waals surface area contributed by atoms with Crippen molar-refractivity contribution in [3.63, 3.8) is 0 Å². The number of nitrogens with one attached hydrogen (secondary N) is 1. The van der Waals surface area contributed by atoms with Gasteiger partial charge < -0.3 is 10.1 Å². The van der Waals surface area contributed by atoms with Crippen LogP contribution in [0.25, 0.3) is 0 Å².